The number of anilines is 2. The van der Waals surface area contributed by atoms with Gasteiger partial charge >= 0.3 is 0 Å². The number of aryl methyl sites for hydroxylation is 2. The predicted octanol–water partition coefficient (Wildman–Crippen LogP) is 4.68. The van der Waals surface area contributed by atoms with Crippen LogP contribution in [0.15, 0.2) is 52.2 Å². The molecule has 0 fully saturated rings. The number of rotatable bonds is 8. The first-order valence-electron chi connectivity index (χ1n) is 9.31. The van der Waals surface area contributed by atoms with E-state index in [1.165, 1.54) is 23.1 Å². The monoisotopic (exact) mass is 441 g/mol. The first-order valence-corrected chi connectivity index (χ1v) is 11.2. The lowest BCUT2D eigenvalue weighted by Crippen LogP contribution is -2.15. The Bertz CT molecular complexity index is 1030. The highest BCUT2D eigenvalue weighted by Crippen LogP contribution is 2.24. The summed E-state index contributed by atoms with van der Waals surface area (Å²) >= 11 is 2.78. The quantitative estimate of drug-likeness (QED) is 0.496. The van der Waals surface area contributed by atoms with Crippen LogP contribution in [0.1, 0.15) is 16.8 Å². The molecule has 6 nitrogen and oxygen atoms in total. The van der Waals surface area contributed by atoms with Gasteiger partial charge in [0, 0.05) is 16.8 Å². The average Bonchev–Trinajstić information content (AvgIpc) is 3.17. The molecule has 0 aliphatic carbocycles. The molecule has 0 bridgehead atoms. The van der Waals surface area contributed by atoms with E-state index in [4.69, 9.17) is 4.74 Å². The molecule has 1 aromatic heterocycles. The predicted molar refractivity (Wildman–Crippen MR) is 123 cm³/mol. The maximum atomic E-state index is 12.3. The summed E-state index contributed by atoms with van der Waals surface area (Å²) in [6, 6.07) is 13.1. The van der Waals surface area contributed by atoms with Gasteiger partial charge in [-0.1, -0.05) is 23.9 Å². The molecule has 3 aromatic rings. The Hall–Kier alpha value is -2.84. The molecule has 2 aromatic carbocycles. The maximum absolute atomic E-state index is 12.3. The van der Waals surface area contributed by atoms with Crippen molar-refractivity contribution in [2.75, 3.05) is 23.5 Å². The van der Waals surface area contributed by atoms with E-state index in [1.807, 2.05) is 37.4 Å². The summed E-state index contributed by atoms with van der Waals surface area (Å²) in [5.41, 5.74) is 4.34. The second kappa shape index (κ2) is 10.3. The van der Waals surface area contributed by atoms with E-state index in [0.717, 1.165) is 26.9 Å². The van der Waals surface area contributed by atoms with Gasteiger partial charge in [-0.15, -0.1) is 11.3 Å². The van der Waals surface area contributed by atoms with Crippen LogP contribution in [-0.4, -0.2) is 29.7 Å². The van der Waals surface area contributed by atoms with Crippen molar-refractivity contribution in [3.8, 4) is 5.75 Å². The van der Waals surface area contributed by atoms with Crippen LogP contribution in [0.25, 0.3) is 0 Å². The van der Waals surface area contributed by atoms with Gasteiger partial charge in [0.2, 0.25) is 11.8 Å². The first-order chi connectivity index (χ1) is 14.4. The lowest BCUT2D eigenvalue weighted by atomic mass is 10.1. The summed E-state index contributed by atoms with van der Waals surface area (Å²) < 4.78 is 5.86. The zero-order valence-electron chi connectivity index (χ0n) is 17.0. The van der Waals surface area contributed by atoms with Crippen LogP contribution in [0.2, 0.25) is 0 Å². The summed E-state index contributed by atoms with van der Waals surface area (Å²) in [6.07, 6.45) is 0.197. The molecule has 1 heterocycles. The number of benzene rings is 2. The smallest absolute Gasteiger partial charge is 0.234 e. The van der Waals surface area contributed by atoms with Gasteiger partial charge in [0.1, 0.15) is 5.75 Å². The molecule has 0 spiro atoms. The SMILES string of the molecule is COc1ccc(NC(=O)CSc2nc(CC(=O)Nc3cc(C)ccc3C)cs2)cc1. The van der Waals surface area contributed by atoms with Gasteiger partial charge in [-0.05, 0) is 55.3 Å². The number of carbonyl (C=O) groups excluding carboxylic acids is 2. The highest BCUT2D eigenvalue weighted by Gasteiger charge is 2.11. The van der Waals surface area contributed by atoms with E-state index in [2.05, 4.69) is 15.6 Å². The van der Waals surface area contributed by atoms with Crippen molar-refractivity contribution in [3.05, 3.63) is 64.7 Å². The zero-order valence-corrected chi connectivity index (χ0v) is 18.7. The van der Waals surface area contributed by atoms with Gasteiger partial charge in [0.25, 0.3) is 0 Å². The number of methoxy groups -OCH3 is 1. The van der Waals surface area contributed by atoms with E-state index < -0.39 is 0 Å². The molecule has 2 N–H and O–H groups in total. The van der Waals surface area contributed by atoms with Crippen molar-refractivity contribution in [2.24, 2.45) is 0 Å². The maximum Gasteiger partial charge on any atom is 0.234 e. The highest BCUT2D eigenvalue weighted by atomic mass is 32.2. The number of amides is 2. The topological polar surface area (TPSA) is 80.3 Å². The molecule has 0 atom stereocenters. The van der Waals surface area contributed by atoms with Crippen LogP contribution in [0.5, 0.6) is 5.75 Å². The van der Waals surface area contributed by atoms with Gasteiger partial charge in [-0.2, -0.15) is 0 Å². The summed E-state index contributed by atoms with van der Waals surface area (Å²) in [5.74, 6) is 0.755. The summed E-state index contributed by atoms with van der Waals surface area (Å²) in [5, 5.41) is 7.63. The molecule has 30 heavy (non-hydrogen) atoms. The molecular formula is C22H23N3O3S2. The molecule has 0 radical (unpaired) electrons. The van der Waals surface area contributed by atoms with E-state index in [0.29, 0.717) is 11.4 Å². The normalized spacial score (nSPS) is 10.5. The van der Waals surface area contributed by atoms with Crippen molar-refractivity contribution in [1.29, 1.82) is 0 Å². The summed E-state index contributed by atoms with van der Waals surface area (Å²) in [4.78, 5) is 28.9. The third-order valence-corrected chi connectivity index (χ3v) is 6.31. The number of hydrogen-bond acceptors (Lipinski definition) is 6. The van der Waals surface area contributed by atoms with Crippen molar-refractivity contribution in [3.63, 3.8) is 0 Å². The van der Waals surface area contributed by atoms with Gasteiger partial charge in [0.15, 0.2) is 4.34 Å². The van der Waals surface area contributed by atoms with Gasteiger partial charge in [-0.3, -0.25) is 9.59 Å². The van der Waals surface area contributed by atoms with Crippen LogP contribution in [0.4, 0.5) is 11.4 Å². The van der Waals surface area contributed by atoms with E-state index in [1.54, 1.807) is 31.4 Å². The molecule has 0 aliphatic heterocycles. The number of thiazole rings is 1. The number of nitrogens with zero attached hydrogens (tertiary/aromatic N) is 1. The average molecular weight is 442 g/mol. The van der Waals surface area contributed by atoms with Crippen molar-refractivity contribution >= 4 is 46.3 Å². The fourth-order valence-corrected chi connectivity index (χ4v) is 4.31. The molecule has 2 amide bonds. The van der Waals surface area contributed by atoms with E-state index >= 15 is 0 Å². The fourth-order valence-electron chi connectivity index (χ4n) is 2.66. The molecule has 0 aliphatic rings. The largest absolute Gasteiger partial charge is 0.497 e. The Balaban J connectivity index is 1.47. The summed E-state index contributed by atoms with van der Waals surface area (Å²) in [6.45, 7) is 3.95. The fraction of sp³-hybridized carbons (Fsp3) is 0.227. The highest BCUT2D eigenvalue weighted by molar-refractivity contribution is 8.01. The van der Waals surface area contributed by atoms with Crippen LogP contribution < -0.4 is 15.4 Å². The standard InChI is InChI=1S/C22H23N3O3S2/c1-14-4-5-15(2)19(10-14)25-20(26)11-17-12-29-22(24-17)30-13-21(27)23-16-6-8-18(28-3)9-7-16/h4-10,12H,11,13H2,1-3H3,(H,23,27)(H,25,26). The van der Waals surface area contributed by atoms with Crippen LogP contribution in [0.3, 0.4) is 0 Å². The second-order valence-corrected chi connectivity index (χ2v) is 8.79. The molecular weight excluding hydrogens is 418 g/mol. The van der Waals surface area contributed by atoms with Crippen molar-refractivity contribution < 1.29 is 14.3 Å². The number of hydrogen-bond donors (Lipinski definition) is 2. The molecule has 0 unspecified atom stereocenters. The number of thioether (sulfide) groups is 1. The van der Waals surface area contributed by atoms with E-state index in [9.17, 15) is 9.59 Å². The molecule has 0 saturated carbocycles. The third-order valence-electron chi connectivity index (χ3n) is 4.24. The van der Waals surface area contributed by atoms with Gasteiger partial charge in [0.05, 0.1) is 25.0 Å². The minimum Gasteiger partial charge on any atom is -0.497 e. The van der Waals surface area contributed by atoms with Crippen LogP contribution in [-0.2, 0) is 16.0 Å². The second-order valence-electron chi connectivity index (χ2n) is 6.71. The van der Waals surface area contributed by atoms with Crippen molar-refractivity contribution in [1.82, 2.24) is 4.98 Å². The number of ether oxygens (including phenoxy) is 1. The molecule has 156 valence electrons. The van der Waals surface area contributed by atoms with Gasteiger partial charge in [-0.25, -0.2) is 4.98 Å². The Morgan fingerprint density at radius 1 is 1.07 bits per heavy atom. The number of nitrogens with one attached hydrogen (secondary N) is 2. The lowest BCUT2D eigenvalue weighted by Gasteiger charge is -2.08. The minimum atomic E-state index is -0.116. The van der Waals surface area contributed by atoms with Crippen LogP contribution in [0, 0.1) is 13.8 Å². The van der Waals surface area contributed by atoms with Crippen LogP contribution >= 0.6 is 23.1 Å². The lowest BCUT2D eigenvalue weighted by molar-refractivity contribution is -0.116. The first kappa shape index (κ1) is 21.9. The molecule has 8 heteroatoms. The molecule has 0 saturated heterocycles. The third kappa shape index (κ3) is 6.33. The Labute approximate surface area is 184 Å². The Morgan fingerprint density at radius 2 is 1.83 bits per heavy atom. The Kier molecular flexibility index (Phi) is 7.48. The summed E-state index contributed by atoms with van der Waals surface area (Å²) in [7, 11) is 1.60. The molecule has 3 rings (SSSR count). The minimum absolute atomic E-state index is 0.109. The number of carbonyl (C=O) groups is 2. The Morgan fingerprint density at radius 3 is 2.57 bits per heavy atom. The van der Waals surface area contributed by atoms with Crippen molar-refractivity contribution in [2.45, 2.75) is 24.6 Å². The van der Waals surface area contributed by atoms with E-state index in [-0.39, 0.29) is 24.0 Å². The number of aromatic nitrogens is 1. The van der Waals surface area contributed by atoms with Gasteiger partial charge < -0.3 is 15.4 Å². The zero-order chi connectivity index (χ0) is 21.5.